The molecule has 15 heavy (non-hydrogen) atoms. The molecule has 0 atom stereocenters. The monoisotopic (exact) mass is 225 g/mol. The van der Waals surface area contributed by atoms with Crippen LogP contribution in [0, 0.1) is 6.92 Å². The van der Waals surface area contributed by atoms with Crippen LogP contribution >= 0.6 is 11.6 Å². The van der Waals surface area contributed by atoms with Gasteiger partial charge in [-0.2, -0.15) is 0 Å². The Morgan fingerprint density at radius 1 is 1.33 bits per heavy atom. The van der Waals surface area contributed by atoms with Crippen LogP contribution in [0.2, 0.25) is 5.02 Å². The van der Waals surface area contributed by atoms with Gasteiger partial charge < -0.3 is 4.74 Å². The highest BCUT2D eigenvalue weighted by Crippen LogP contribution is 2.17. The second-order valence-corrected chi connectivity index (χ2v) is 4.40. The number of morpholine rings is 1. The van der Waals surface area contributed by atoms with Gasteiger partial charge in [-0.1, -0.05) is 17.7 Å². The fourth-order valence-electron chi connectivity index (χ4n) is 1.81. The van der Waals surface area contributed by atoms with Gasteiger partial charge in [-0.25, -0.2) is 0 Å². The Labute approximate surface area is 95.8 Å². The lowest BCUT2D eigenvalue weighted by atomic mass is 10.1. The van der Waals surface area contributed by atoms with Crippen molar-refractivity contribution >= 4 is 11.6 Å². The summed E-state index contributed by atoms with van der Waals surface area (Å²) in [5, 5.41) is 0.823. The maximum atomic E-state index is 5.99. The van der Waals surface area contributed by atoms with Gasteiger partial charge in [0.05, 0.1) is 13.2 Å². The molecule has 1 heterocycles. The van der Waals surface area contributed by atoms with Crippen molar-refractivity contribution in [3.05, 3.63) is 34.3 Å². The van der Waals surface area contributed by atoms with E-state index in [1.54, 1.807) is 0 Å². The van der Waals surface area contributed by atoms with Crippen molar-refractivity contribution < 1.29 is 4.74 Å². The van der Waals surface area contributed by atoms with Crippen LogP contribution in [0.1, 0.15) is 11.1 Å². The van der Waals surface area contributed by atoms with E-state index in [-0.39, 0.29) is 0 Å². The lowest BCUT2D eigenvalue weighted by molar-refractivity contribution is 0.0341. The fourth-order valence-corrected chi connectivity index (χ4v) is 2.01. The Balaban J connectivity index is 2.05. The Kier molecular flexibility index (Phi) is 3.62. The van der Waals surface area contributed by atoms with E-state index in [0.29, 0.717) is 0 Å². The summed E-state index contributed by atoms with van der Waals surface area (Å²) >= 11 is 5.99. The van der Waals surface area contributed by atoms with Crippen LogP contribution in [0.25, 0.3) is 0 Å². The molecule has 0 bridgehead atoms. The van der Waals surface area contributed by atoms with Crippen molar-refractivity contribution in [2.24, 2.45) is 0 Å². The summed E-state index contributed by atoms with van der Waals surface area (Å²) in [5.74, 6) is 0. The first-order valence-electron chi connectivity index (χ1n) is 5.31. The number of aryl methyl sites for hydroxylation is 1. The fraction of sp³-hybridized carbons (Fsp3) is 0.500. The Morgan fingerprint density at radius 3 is 2.80 bits per heavy atom. The van der Waals surface area contributed by atoms with Crippen LogP contribution < -0.4 is 0 Å². The Bertz CT molecular complexity index is 334. The number of rotatable bonds is 2. The highest BCUT2D eigenvalue weighted by atomic mass is 35.5. The molecule has 0 radical (unpaired) electrons. The minimum Gasteiger partial charge on any atom is -0.379 e. The molecule has 1 saturated heterocycles. The molecular formula is C12H16ClNO. The summed E-state index contributed by atoms with van der Waals surface area (Å²) in [6.07, 6.45) is 0. The van der Waals surface area contributed by atoms with Crippen LogP contribution in [0.15, 0.2) is 18.2 Å². The van der Waals surface area contributed by atoms with E-state index in [2.05, 4.69) is 24.0 Å². The molecule has 1 aliphatic heterocycles. The maximum absolute atomic E-state index is 5.99. The van der Waals surface area contributed by atoms with E-state index in [4.69, 9.17) is 16.3 Å². The van der Waals surface area contributed by atoms with E-state index in [0.717, 1.165) is 37.9 Å². The quantitative estimate of drug-likeness (QED) is 0.767. The topological polar surface area (TPSA) is 12.5 Å². The van der Waals surface area contributed by atoms with E-state index in [9.17, 15) is 0 Å². The summed E-state index contributed by atoms with van der Waals surface area (Å²) in [6, 6.07) is 6.09. The molecule has 0 amide bonds. The normalized spacial score (nSPS) is 18.0. The van der Waals surface area contributed by atoms with Gasteiger partial charge in [0.25, 0.3) is 0 Å². The maximum Gasteiger partial charge on any atom is 0.0594 e. The molecule has 2 rings (SSSR count). The van der Waals surface area contributed by atoms with Gasteiger partial charge in [0, 0.05) is 24.7 Å². The van der Waals surface area contributed by atoms with Crippen molar-refractivity contribution in [2.45, 2.75) is 13.5 Å². The first-order chi connectivity index (χ1) is 7.25. The second-order valence-electron chi connectivity index (χ2n) is 3.96. The molecule has 0 N–H and O–H groups in total. The summed E-state index contributed by atoms with van der Waals surface area (Å²) in [7, 11) is 0. The third-order valence-electron chi connectivity index (χ3n) is 2.81. The van der Waals surface area contributed by atoms with Crippen molar-refractivity contribution in [1.82, 2.24) is 4.90 Å². The number of halogens is 1. The molecule has 0 aromatic heterocycles. The van der Waals surface area contributed by atoms with Crippen molar-refractivity contribution in [2.75, 3.05) is 26.3 Å². The molecule has 2 nitrogen and oxygen atoms in total. The number of hydrogen-bond acceptors (Lipinski definition) is 2. The molecular weight excluding hydrogens is 210 g/mol. The Hall–Kier alpha value is -0.570. The second kappa shape index (κ2) is 4.97. The van der Waals surface area contributed by atoms with E-state index in [1.807, 2.05) is 6.07 Å². The molecule has 0 saturated carbocycles. The zero-order valence-electron chi connectivity index (χ0n) is 9.00. The predicted octanol–water partition coefficient (Wildman–Crippen LogP) is 2.48. The zero-order valence-corrected chi connectivity index (χ0v) is 9.76. The number of nitrogens with zero attached hydrogens (tertiary/aromatic N) is 1. The van der Waals surface area contributed by atoms with E-state index in [1.165, 1.54) is 11.1 Å². The standard InChI is InChI=1S/C12H16ClNO/c1-10-2-3-12(13)8-11(10)9-14-4-6-15-7-5-14/h2-3,8H,4-7,9H2,1H3. The van der Waals surface area contributed by atoms with Crippen LogP contribution in [-0.4, -0.2) is 31.2 Å². The Morgan fingerprint density at radius 2 is 2.07 bits per heavy atom. The third kappa shape index (κ3) is 2.94. The van der Waals surface area contributed by atoms with Gasteiger partial charge in [-0.3, -0.25) is 4.90 Å². The minimum atomic E-state index is 0.823. The first-order valence-corrected chi connectivity index (χ1v) is 5.68. The van der Waals surface area contributed by atoms with Gasteiger partial charge in [-0.05, 0) is 30.2 Å². The van der Waals surface area contributed by atoms with Crippen molar-refractivity contribution in [3.8, 4) is 0 Å². The third-order valence-corrected chi connectivity index (χ3v) is 3.04. The molecule has 1 aliphatic rings. The summed E-state index contributed by atoms with van der Waals surface area (Å²) in [6.45, 7) is 6.85. The lowest BCUT2D eigenvalue weighted by Gasteiger charge is -2.27. The summed E-state index contributed by atoms with van der Waals surface area (Å²) in [5.41, 5.74) is 2.63. The first kappa shape index (κ1) is 10.9. The van der Waals surface area contributed by atoms with Crippen LogP contribution in [-0.2, 0) is 11.3 Å². The lowest BCUT2D eigenvalue weighted by Crippen LogP contribution is -2.35. The van der Waals surface area contributed by atoms with E-state index < -0.39 is 0 Å². The number of ether oxygens (including phenoxy) is 1. The van der Waals surface area contributed by atoms with E-state index >= 15 is 0 Å². The zero-order chi connectivity index (χ0) is 10.7. The molecule has 1 aromatic rings. The van der Waals surface area contributed by atoms with Gasteiger partial charge >= 0.3 is 0 Å². The minimum absolute atomic E-state index is 0.823. The molecule has 0 spiro atoms. The van der Waals surface area contributed by atoms with Gasteiger partial charge in [0.2, 0.25) is 0 Å². The molecule has 1 fully saturated rings. The number of benzene rings is 1. The van der Waals surface area contributed by atoms with Gasteiger partial charge in [-0.15, -0.1) is 0 Å². The smallest absolute Gasteiger partial charge is 0.0594 e. The van der Waals surface area contributed by atoms with Crippen LogP contribution in [0.3, 0.4) is 0 Å². The molecule has 0 unspecified atom stereocenters. The summed E-state index contributed by atoms with van der Waals surface area (Å²) in [4.78, 5) is 2.40. The van der Waals surface area contributed by atoms with Gasteiger partial charge in [0.15, 0.2) is 0 Å². The molecule has 1 aromatic carbocycles. The highest BCUT2D eigenvalue weighted by Gasteiger charge is 2.11. The molecule has 82 valence electrons. The summed E-state index contributed by atoms with van der Waals surface area (Å²) < 4.78 is 5.32. The predicted molar refractivity (Wildman–Crippen MR) is 62.3 cm³/mol. The molecule has 0 aliphatic carbocycles. The average Bonchev–Trinajstić information content (AvgIpc) is 2.25. The number of hydrogen-bond donors (Lipinski definition) is 0. The van der Waals surface area contributed by atoms with Crippen LogP contribution in [0.5, 0.6) is 0 Å². The van der Waals surface area contributed by atoms with Gasteiger partial charge in [0.1, 0.15) is 0 Å². The molecule has 3 heteroatoms. The average molecular weight is 226 g/mol. The highest BCUT2D eigenvalue weighted by molar-refractivity contribution is 6.30. The van der Waals surface area contributed by atoms with Crippen molar-refractivity contribution in [1.29, 1.82) is 0 Å². The van der Waals surface area contributed by atoms with Crippen LogP contribution in [0.4, 0.5) is 0 Å². The SMILES string of the molecule is Cc1ccc(Cl)cc1CN1CCOCC1. The largest absolute Gasteiger partial charge is 0.379 e. The van der Waals surface area contributed by atoms with Crippen molar-refractivity contribution in [3.63, 3.8) is 0 Å².